The molecule has 2 aromatic rings. The van der Waals surface area contributed by atoms with E-state index in [0.717, 1.165) is 31.2 Å². The van der Waals surface area contributed by atoms with Crippen LogP contribution in [0.3, 0.4) is 0 Å². The monoisotopic (exact) mass is 362 g/mol. The van der Waals surface area contributed by atoms with Crippen LogP contribution in [0.1, 0.15) is 56.8 Å². The number of hydrogen-bond acceptors (Lipinski definition) is 1. The molecule has 1 heterocycles. The van der Waals surface area contributed by atoms with E-state index >= 15 is 0 Å². The van der Waals surface area contributed by atoms with Crippen LogP contribution in [0.15, 0.2) is 30.3 Å². The van der Waals surface area contributed by atoms with E-state index in [1.165, 1.54) is 24.3 Å². The Bertz CT molecular complexity index is 764. The minimum atomic E-state index is -1.01. The van der Waals surface area contributed by atoms with Crippen molar-refractivity contribution in [1.82, 2.24) is 0 Å². The molecule has 2 unspecified atom stereocenters. The molecule has 0 saturated carbocycles. The molecule has 3 rings (SSSR count). The van der Waals surface area contributed by atoms with Crippen LogP contribution in [-0.2, 0) is 11.2 Å². The third-order valence-electron chi connectivity index (χ3n) is 5.27. The van der Waals surface area contributed by atoms with Gasteiger partial charge in [0.1, 0.15) is 5.82 Å². The smallest absolute Gasteiger partial charge is 0.167 e. The van der Waals surface area contributed by atoms with Crippen molar-refractivity contribution in [3.05, 3.63) is 58.9 Å². The summed E-state index contributed by atoms with van der Waals surface area (Å²) in [4.78, 5) is 0. The van der Waals surface area contributed by atoms with E-state index in [9.17, 15) is 13.2 Å². The minimum Gasteiger partial charge on any atom is -0.373 e. The van der Waals surface area contributed by atoms with Crippen LogP contribution < -0.4 is 0 Å². The molecule has 0 radical (unpaired) electrons. The fourth-order valence-electron chi connectivity index (χ4n) is 3.62. The Hall–Kier alpha value is -1.81. The Labute approximate surface area is 153 Å². The Balaban J connectivity index is 1.88. The van der Waals surface area contributed by atoms with Gasteiger partial charge < -0.3 is 4.74 Å². The maximum atomic E-state index is 14.7. The fraction of sp³-hybridized carbons (Fsp3) is 0.455. The third-order valence-corrected chi connectivity index (χ3v) is 5.27. The van der Waals surface area contributed by atoms with Gasteiger partial charge in [-0.15, -0.1) is 0 Å². The van der Waals surface area contributed by atoms with E-state index in [0.29, 0.717) is 18.9 Å². The zero-order valence-electron chi connectivity index (χ0n) is 15.3. The van der Waals surface area contributed by atoms with E-state index in [-0.39, 0.29) is 16.7 Å². The van der Waals surface area contributed by atoms with Crippen molar-refractivity contribution in [1.29, 1.82) is 0 Å². The molecule has 4 heteroatoms. The molecule has 0 spiro atoms. The first-order chi connectivity index (χ1) is 12.5. The zero-order chi connectivity index (χ0) is 18.7. The number of aryl methyl sites for hydroxylation is 1. The second-order valence-electron chi connectivity index (χ2n) is 7.07. The van der Waals surface area contributed by atoms with Crippen LogP contribution in [0.2, 0.25) is 0 Å². The normalized spacial score (nSPS) is 20.3. The van der Waals surface area contributed by atoms with E-state index < -0.39 is 23.6 Å². The van der Waals surface area contributed by atoms with E-state index in [1.807, 2.05) is 6.92 Å². The van der Waals surface area contributed by atoms with E-state index in [4.69, 9.17) is 4.74 Å². The molecule has 1 saturated heterocycles. The van der Waals surface area contributed by atoms with Crippen molar-refractivity contribution in [3.63, 3.8) is 0 Å². The molecule has 140 valence electrons. The average Bonchev–Trinajstić information content (AvgIpc) is 2.65. The van der Waals surface area contributed by atoms with Gasteiger partial charge in [0.2, 0.25) is 0 Å². The molecule has 2 atom stereocenters. The molecular formula is C22H25F3O. The van der Waals surface area contributed by atoms with Crippen LogP contribution >= 0.6 is 0 Å². The average molecular weight is 362 g/mol. The second-order valence-corrected chi connectivity index (χ2v) is 7.07. The molecule has 1 aliphatic heterocycles. The van der Waals surface area contributed by atoms with Crippen molar-refractivity contribution < 1.29 is 17.9 Å². The first-order valence-corrected chi connectivity index (χ1v) is 9.43. The lowest BCUT2D eigenvalue weighted by atomic mass is 9.91. The van der Waals surface area contributed by atoms with Crippen LogP contribution in [0.25, 0.3) is 11.1 Å². The maximum absolute atomic E-state index is 14.7. The highest BCUT2D eigenvalue weighted by Gasteiger charge is 2.27. The van der Waals surface area contributed by atoms with Gasteiger partial charge >= 0.3 is 0 Å². The van der Waals surface area contributed by atoms with Gasteiger partial charge in [-0.2, -0.15) is 0 Å². The Morgan fingerprint density at radius 2 is 1.73 bits per heavy atom. The molecule has 1 fully saturated rings. The maximum Gasteiger partial charge on any atom is 0.167 e. The molecular weight excluding hydrogens is 337 g/mol. The number of rotatable bonds is 5. The molecule has 2 aromatic carbocycles. The summed E-state index contributed by atoms with van der Waals surface area (Å²) in [6.45, 7) is 4.68. The first kappa shape index (κ1) is 19.0. The lowest BCUT2D eigenvalue weighted by Crippen LogP contribution is -2.21. The minimum absolute atomic E-state index is 0.0472. The largest absolute Gasteiger partial charge is 0.373 e. The summed E-state index contributed by atoms with van der Waals surface area (Å²) in [5.74, 6) is -1.98. The number of benzene rings is 2. The van der Waals surface area contributed by atoms with Crippen LogP contribution in [0.5, 0.6) is 0 Å². The third kappa shape index (κ3) is 3.80. The predicted octanol–water partition coefficient (Wildman–Crippen LogP) is 6.60. The fourth-order valence-corrected chi connectivity index (χ4v) is 3.62. The molecule has 0 amide bonds. The number of hydrogen-bond donors (Lipinski definition) is 0. The number of ether oxygens (including phenoxy) is 1. The first-order valence-electron chi connectivity index (χ1n) is 9.43. The van der Waals surface area contributed by atoms with Crippen molar-refractivity contribution in [2.24, 2.45) is 5.92 Å². The highest BCUT2D eigenvalue weighted by Crippen LogP contribution is 2.36. The quantitative estimate of drug-likeness (QED) is 0.582. The zero-order valence-corrected chi connectivity index (χ0v) is 15.3. The van der Waals surface area contributed by atoms with Crippen LogP contribution in [0, 0.1) is 23.4 Å². The summed E-state index contributed by atoms with van der Waals surface area (Å²) < 4.78 is 49.5. The lowest BCUT2D eigenvalue weighted by Gasteiger charge is -2.29. The highest BCUT2D eigenvalue weighted by molar-refractivity contribution is 5.66. The summed E-state index contributed by atoms with van der Waals surface area (Å²) in [5.41, 5.74) is 1.12. The SMILES string of the molecule is CCCc1ccc(-c2ccc(C3CCC(CC)CO3)c(F)c2F)c(F)c1. The van der Waals surface area contributed by atoms with Gasteiger partial charge in [0.15, 0.2) is 11.6 Å². The Kier molecular flexibility index (Phi) is 6.02. The lowest BCUT2D eigenvalue weighted by molar-refractivity contribution is -0.0200. The second kappa shape index (κ2) is 8.26. The standard InChI is InChI=1S/C22H25F3O/c1-3-5-15-6-8-16(19(23)12-15)17-9-10-18(22(25)21(17)24)20-11-7-14(4-2)13-26-20/h6,8-10,12,14,20H,3-5,7,11,13H2,1-2H3. The molecule has 0 aromatic heterocycles. The van der Waals surface area contributed by atoms with Crippen molar-refractivity contribution >= 4 is 0 Å². The summed E-state index contributed by atoms with van der Waals surface area (Å²) >= 11 is 0. The molecule has 1 nitrogen and oxygen atoms in total. The number of halogens is 3. The van der Waals surface area contributed by atoms with Gasteiger partial charge in [-0.05, 0) is 36.8 Å². The van der Waals surface area contributed by atoms with Gasteiger partial charge in [0, 0.05) is 16.7 Å². The summed E-state index contributed by atoms with van der Waals surface area (Å²) in [7, 11) is 0. The molecule has 0 aliphatic carbocycles. The summed E-state index contributed by atoms with van der Waals surface area (Å²) in [6, 6.07) is 7.69. The van der Waals surface area contributed by atoms with Crippen LogP contribution in [0.4, 0.5) is 13.2 Å². The molecule has 0 bridgehead atoms. The van der Waals surface area contributed by atoms with Crippen LogP contribution in [-0.4, -0.2) is 6.61 Å². The molecule has 26 heavy (non-hydrogen) atoms. The van der Waals surface area contributed by atoms with Crippen molar-refractivity contribution in [2.75, 3.05) is 6.61 Å². The van der Waals surface area contributed by atoms with E-state index in [2.05, 4.69) is 6.92 Å². The van der Waals surface area contributed by atoms with Gasteiger partial charge in [-0.1, -0.05) is 51.0 Å². The van der Waals surface area contributed by atoms with Gasteiger partial charge in [0.25, 0.3) is 0 Å². The summed E-state index contributed by atoms with van der Waals surface area (Å²) in [5, 5.41) is 0. The van der Waals surface area contributed by atoms with Crippen molar-refractivity contribution in [3.8, 4) is 11.1 Å². The molecule has 0 N–H and O–H groups in total. The molecule has 1 aliphatic rings. The highest BCUT2D eigenvalue weighted by atomic mass is 19.2. The Morgan fingerprint density at radius 3 is 2.35 bits per heavy atom. The van der Waals surface area contributed by atoms with Crippen molar-refractivity contribution in [2.45, 2.75) is 52.1 Å². The van der Waals surface area contributed by atoms with Gasteiger partial charge in [-0.25, -0.2) is 13.2 Å². The van der Waals surface area contributed by atoms with E-state index in [1.54, 1.807) is 6.07 Å². The summed E-state index contributed by atoms with van der Waals surface area (Å²) in [6.07, 6.45) is 3.86. The van der Waals surface area contributed by atoms with Gasteiger partial charge in [0.05, 0.1) is 12.7 Å². The topological polar surface area (TPSA) is 9.23 Å². The predicted molar refractivity (Wildman–Crippen MR) is 97.5 cm³/mol. The van der Waals surface area contributed by atoms with Gasteiger partial charge in [-0.3, -0.25) is 0 Å². The Morgan fingerprint density at radius 1 is 0.962 bits per heavy atom.